The Labute approximate surface area is 178 Å². The number of hydrogen-bond donors (Lipinski definition) is 1. The Bertz CT molecular complexity index is 1030. The minimum atomic E-state index is -0.0552. The molecule has 0 unspecified atom stereocenters. The Morgan fingerprint density at radius 1 is 1.21 bits per heavy atom. The summed E-state index contributed by atoms with van der Waals surface area (Å²) in [6, 6.07) is 11.6. The van der Waals surface area contributed by atoms with E-state index in [-0.39, 0.29) is 17.7 Å². The normalized spacial score (nSPS) is 15.0. The van der Waals surface area contributed by atoms with Crippen LogP contribution in [0.15, 0.2) is 51.6 Å². The van der Waals surface area contributed by atoms with Crippen LogP contribution in [0.25, 0.3) is 11.1 Å². The molecule has 0 aliphatic carbocycles. The molecule has 0 atom stereocenters. The third-order valence-electron chi connectivity index (χ3n) is 5.57. The summed E-state index contributed by atoms with van der Waals surface area (Å²) in [6.07, 6.45) is 3.00. The lowest BCUT2D eigenvalue weighted by Crippen LogP contribution is -2.43. The molecule has 29 heavy (non-hydrogen) atoms. The Kier molecular flexibility index (Phi) is 5.76. The number of hydrogen-bond acceptors (Lipinski definition) is 3. The van der Waals surface area contributed by atoms with Crippen LogP contribution < -0.4 is 5.32 Å². The molecule has 1 N–H and O–H groups in total. The van der Waals surface area contributed by atoms with Crippen LogP contribution in [0.5, 0.6) is 0 Å². The van der Waals surface area contributed by atoms with E-state index in [1.54, 1.807) is 6.26 Å². The highest BCUT2D eigenvalue weighted by atomic mass is 79.9. The number of fused-ring (bicyclic) bond motifs is 1. The number of aromatic nitrogens is 1. The molecule has 3 heterocycles. The van der Waals surface area contributed by atoms with Crippen LogP contribution in [0.3, 0.4) is 0 Å². The SMILES string of the molecule is CCn1c(C(=O)N2CCC(C(=O)NCc3cccc(Br)c3)CC2)cc2occc21. The fraction of sp³-hybridized carbons (Fsp3) is 0.364. The van der Waals surface area contributed by atoms with Gasteiger partial charge in [0.05, 0.1) is 11.8 Å². The predicted molar refractivity (Wildman–Crippen MR) is 114 cm³/mol. The Hall–Kier alpha value is -2.54. The van der Waals surface area contributed by atoms with Crippen molar-refractivity contribution in [1.82, 2.24) is 14.8 Å². The zero-order valence-electron chi connectivity index (χ0n) is 16.4. The number of piperidine rings is 1. The first-order chi connectivity index (χ1) is 14.1. The molecule has 6 nitrogen and oxygen atoms in total. The van der Waals surface area contributed by atoms with E-state index < -0.39 is 0 Å². The molecule has 1 saturated heterocycles. The molecule has 1 aliphatic heterocycles. The molecular weight excluding hydrogens is 434 g/mol. The fourth-order valence-electron chi connectivity index (χ4n) is 3.98. The van der Waals surface area contributed by atoms with Crippen molar-refractivity contribution in [2.24, 2.45) is 5.92 Å². The highest BCUT2D eigenvalue weighted by Crippen LogP contribution is 2.25. The molecule has 1 aromatic carbocycles. The average molecular weight is 458 g/mol. The van der Waals surface area contributed by atoms with Crippen molar-refractivity contribution in [2.45, 2.75) is 32.9 Å². The second kappa shape index (κ2) is 8.45. The van der Waals surface area contributed by atoms with Crippen molar-refractivity contribution >= 4 is 38.8 Å². The van der Waals surface area contributed by atoms with Gasteiger partial charge in [0.1, 0.15) is 5.69 Å². The zero-order chi connectivity index (χ0) is 20.4. The van der Waals surface area contributed by atoms with Crippen molar-refractivity contribution in [2.75, 3.05) is 13.1 Å². The average Bonchev–Trinajstić information content (AvgIpc) is 3.32. The van der Waals surface area contributed by atoms with E-state index in [9.17, 15) is 9.59 Å². The van der Waals surface area contributed by atoms with Gasteiger partial charge in [0.25, 0.3) is 5.91 Å². The van der Waals surface area contributed by atoms with Gasteiger partial charge < -0.3 is 19.2 Å². The van der Waals surface area contributed by atoms with Gasteiger partial charge in [0, 0.05) is 48.7 Å². The van der Waals surface area contributed by atoms with Crippen LogP contribution in [0.4, 0.5) is 0 Å². The van der Waals surface area contributed by atoms with Gasteiger partial charge in [-0.15, -0.1) is 0 Å². The molecular formula is C22H24BrN3O3. The number of likely N-dealkylation sites (tertiary alicyclic amines) is 1. The van der Waals surface area contributed by atoms with Gasteiger partial charge in [-0.3, -0.25) is 9.59 Å². The molecule has 0 spiro atoms. The minimum Gasteiger partial charge on any atom is -0.463 e. The van der Waals surface area contributed by atoms with Gasteiger partial charge in [0.15, 0.2) is 5.58 Å². The van der Waals surface area contributed by atoms with E-state index in [1.165, 1.54) is 0 Å². The number of amides is 2. The molecule has 0 saturated carbocycles. The lowest BCUT2D eigenvalue weighted by atomic mass is 9.95. The Balaban J connectivity index is 1.34. The van der Waals surface area contributed by atoms with E-state index in [2.05, 4.69) is 21.2 Å². The molecule has 3 aromatic rings. The summed E-state index contributed by atoms with van der Waals surface area (Å²) >= 11 is 3.45. The summed E-state index contributed by atoms with van der Waals surface area (Å²) in [7, 11) is 0. The van der Waals surface area contributed by atoms with Crippen molar-refractivity contribution < 1.29 is 14.0 Å². The van der Waals surface area contributed by atoms with Crippen LogP contribution in [-0.4, -0.2) is 34.4 Å². The number of benzene rings is 1. The summed E-state index contributed by atoms with van der Waals surface area (Å²) in [6.45, 7) is 4.41. The smallest absolute Gasteiger partial charge is 0.270 e. The number of rotatable bonds is 5. The Morgan fingerprint density at radius 2 is 2.00 bits per heavy atom. The molecule has 152 valence electrons. The van der Waals surface area contributed by atoms with Gasteiger partial charge in [0.2, 0.25) is 5.91 Å². The largest absolute Gasteiger partial charge is 0.463 e. The molecule has 2 amide bonds. The number of aryl methyl sites for hydroxylation is 1. The number of carbonyl (C=O) groups is 2. The van der Waals surface area contributed by atoms with Gasteiger partial charge in [-0.1, -0.05) is 28.1 Å². The summed E-state index contributed by atoms with van der Waals surface area (Å²) in [5.41, 5.74) is 3.39. The van der Waals surface area contributed by atoms with Crippen molar-refractivity contribution in [1.29, 1.82) is 0 Å². The maximum Gasteiger partial charge on any atom is 0.270 e. The van der Waals surface area contributed by atoms with E-state index in [0.717, 1.165) is 21.1 Å². The van der Waals surface area contributed by atoms with Crippen molar-refractivity contribution in [3.05, 3.63) is 58.4 Å². The lowest BCUT2D eigenvalue weighted by Gasteiger charge is -2.31. The first-order valence-corrected chi connectivity index (χ1v) is 10.7. The first-order valence-electron chi connectivity index (χ1n) is 9.95. The number of nitrogens with one attached hydrogen (secondary N) is 1. The van der Waals surface area contributed by atoms with E-state index >= 15 is 0 Å². The standard InChI is InChI=1S/C22H24BrN3O3/c1-2-26-18-8-11-29-20(18)13-19(26)22(28)25-9-6-16(7-10-25)21(27)24-14-15-4-3-5-17(23)12-15/h3-5,8,11-13,16H,2,6-7,9-10,14H2,1H3,(H,24,27). The van der Waals surface area contributed by atoms with Crippen molar-refractivity contribution in [3.8, 4) is 0 Å². The molecule has 0 radical (unpaired) electrons. The number of carbonyl (C=O) groups excluding carboxylic acids is 2. The van der Waals surface area contributed by atoms with E-state index in [0.29, 0.717) is 44.7 Å². The maximum absolute atomic E-state index is 13.0. The number of furan rings is 1. The minimum absolute atomic E-state index is 0.00578. The summed E-state index contributed by atoms with van der Waals surface area (Å²) in [5, 5.41) is 3.02. The van der Waals surface area contributed by atoms with E-state index in [1.807, 2.05) is 52.8 Å². The van der Waals surface area contributed by atoms with Gasteiger partial charge in [-0.05, 0) is 37.5 Å². The summed E-state index contributed by atoms with van der Waals surface area (Å²) < 4.78 is 8.43. The molecule has 1 fully saturated rings. The van der Waals surface area contributed by atoms with Crippen LogP contribution in [0, 0.1) is 5.92 Å². The first kappa shape index (κ1) is 19.8. The van der Waals surface area contributed by atoms with Gasteiger partial charge in [-0.2, -0.15) is 0 Å². The van der Waals surface area contributed by atoms with Crippen LogP contribution in [0.1, 0.15) is 35.8 Å². The molecule has 7 heteroatoms. The van der Waals surface area contributed by atoms with E-state index in [4.69, 9.17) is 4.42 Å². The highest BCUT2D eigenvalue weighted by molar-refractivity contribution is 9.10. The predicted octanol–water partition coefficient (Wildman–Crippen LogP) is 4.19. The van der Waals surface area contributed by atoms with Crippen LogP contribution in [0.2, 0.25) is 0 Å². The molecule has 0 bridgehead atoms. The highest BCUT2D eigenvalue weighted by Gasteiger charge is 2.29. The Morgan fingerprint density at radius 3 is 2.72 bits per heavy atom. The lowest BCUT2D eigenvalue weighted by molar-refractivity contribution is -0.126. The summed E-state index contributed by atoms with van der Waals surface area (Å²) in [5.74, 6) is 0.0122. The van der Waals surface area contributed by atoms with Crippen LogP contribution in [-0.2, 0) is 17.9 Å². The van der Waals surface area contributed by atoms with Gasteiger partial charge in [-0.25, -0.2) is 0 Å². The topological polar surface area (TPSA) is 67.5 Å². The maximum atomic E-state index is 13.0. The fourth-order valence-corrected chi connectivity index (χ4v) is 4.43. The third kappa shape index (κ3) is 4.10. The van der Waals surface area contributed by atoms with Crippen molar-refractivity contribution in [3.63, 3.8) is 0 Å². The second-order valence-corrected chi connectivity index (χ2v) is 8.27. The zero-order valence-corrected chi connectivity index (χ0v) is 17.9. The molecule has 1 aliphatic rings. The number of halogens is 1. The molecule has 2 aromatic heterocycles. The number of nitrogens with zero attached hydrogens (tertiary/aromatic N) is 2. The summed E-state index contributed by atoms with van der Waals surface area (Å²) in [4.78, 5) is 27.4. The molecule has 4 rings (SSSR count). The quantitative estimate of drug-likeness (QED) is 0.624. The van der Waals surface area contributed by atoms with Crippen LogP contribution >= 0.6 is 15.9 Å². The monoisotopic (exact) mass is 457 g/mol. The third-order valence-corrected chi connectivity index (χ3v) is 6.06. The van der Waals surface area contributed by atoms with Gasteiger partial charge >= 0.3 is 0 Å². The second-order valence-electron chi connectivity index (χ2n) is 7.36.